The number of hydrogen-bond donors (Lipinski definition) is 1. The van der Waals surface area contributed by atoms with E-state index in [-0.39, 0.29) is 0 Å². The largest absolute Gasteiger partial charge is 0.383 e. The normalized spacial score (nSPS) is 12.3. The summed E-state index contributed by atoms with van der Waals surface area (Å²) < 4.78 is 1.83. The number of rotatable bonds is 7. The summed E-state index contributed by atoms with van der Waals surface area (Å²) in [7, 11) is 0. The van der Waals surface area contributed by atoms with Gasteiger partial charge in [0, 0.05) is 11.7 Å². The molecule has 0 saturated carbocycles. The minimum absolute atomic E-state index is 0.515. The van der Waals surface area contributed by atoms with E-state index in [4.69, 9.17) is 0 Å². The van der Waals surface area contributed by atoms with Gasteiger partial charge in [-0.1, -0.05) is 31.9 Å². The van der Waals surface area contributed by atoms with E-state index in [1.807, 2.05) is 4.68 Å². The molecular formula is C15H22N4. The number of nitrogens with one attached hydrogen (secondary N) is 1. The number of benzene rings is 1. The second-order valence-electron chi connectivity index (χ2n) is 4.98. The Balaban J connectivity index is 1.95. The molecule has 0 aliphatic rings. The molecule has 0 amide bonds. The highest BCUT2D eigenvalue weighted by Gasteiger charge is 2.02. The van der Waals surface area contributed by atoms with Crippen molar-refractivity contribution in [1.29, 1.82) is 0 Å². The van der Waals surface area contributed by atoms with E-state index < -0.39 is 0 Å². The molecule has 2 rings (SSSR count). The van der Waals surface area contributed by atoms with Crippen LogP contribution < -0.4 is 5.32 Å². The van der Waals surface area contributed by atoms with Crippen LogP contribution in [0.2, 0.25) is 0 Å². The summed E-state index contributed by atoms with van der Waals surface area (Å²) in [5.74, 6) is 0. The first-order chi connectivity index (χ1) is 9.28. The van der Waals surface area contributed by atoms with Gasteiger partial charge < -0.3 is 5.32 Å². The van der Waals surface area contributed by atoms with Gasteiger partial charge in [0.2, 0.25) is 0 Å². The maximum atomic E-state index is 4.13. The maximum absolute atomic E-state index is 4.13. The van der Waals surface area contributed by atoms with Crippen molar-refractivity contribution in [3.8, 4) is 0 Å². The Kier molecular flexibility index (Phi) is 4.95. The highest BCUT2D eigenvalue weighted by Crippen LogP contribution is 2.14. The molecule has 1 aromatic carbocycles. The first kappa shape index (κ1) is 13.6. The fourth-order valence-corrected chi connectivity index (χ4v) is 2.13. The average molecular weight is 258 g/mol. The van der Waals surface area contributed by atoms with Gasteiger partial charge in [0.05, 0.1) is 6.54 Å². The molecule has 0 fully saturated rings. The van der Waals surface area contributed by atoms with Gasteiger partial charge in [-0.3, -0.25) is 0 Å². The molecule has 0 spiro atoms. The third kappa shape index (κ3) is 4.39. The standard InChI is InChI=1S/C15H22N4/c1-3-4-6-13(2)18-15-8-5-7-14(9-15)10-19-12-16-11-17-19/h5,7-9,11-13,18H,3-4,6,10H2,1-2H3. The SMILES string of the molecule is CCCCC(C)Nc1cccc(Cn2cncn2)c1. The van der Waals surface area contributed by atoms with Crippen LogP contribution >= 0.6 is 0 Å². The summed E-state index contributed by atoms with van der Waals surface area (Å²) in [6, 6.07) is 9.02. The number of hydrogen-bond acceptors (Lipinski definition) is 3. The van der Waals surface area contributed by atoms with Crippen molar-refractivity contribution in [2.75, 3.05) is 5.32 Å². The first-order valence-electron chi connectivity index (χ1n) is 6.96. The van der Waals surface area contributed by atoms with E-state index in [1.165, 1.54) is 30.5 Å². The molecule has 4 heteroatoms. The molecule has 0 aliphatic heterocycles. The third-order valence-electron chi connectivity index (χ3n) is 3.14. The monoisotopic (exact) mass is 258 g/mol. The molecule has 1 aromatic heterocycles. The molecule has 19 heavy (non-hydrogen) atoms. The third-order valence-corrected chi connectivity index (χ3v) is 3.14. The van der Waals surface area contributed by atoms with Gasteiger partial charge in [0.1, 0.15) is 12.7 Å². The lowest BCUT2D eigenvalue weighted by Gasteiger charge is -2.15. The zero-order chi connectivity index (χ0) is 13.5. The summed E-state index contributed by atoms with van der Waals surface area (Å²) in [4.78, 5) is 3.96. The van der Waals surface area contributed by atoms with E-state index in [0.29, 0.717) is 6.04 Å². The second-order valence-corrected chi connectivity index (χ2v) is 4.98. The molecule has 0 saturated heterocycles. The van der Waals surface area contributed by atoms with Crippen molar-refractivity contribution < 1.29 is 0 Å². The lowest BCUT2D eigenvalue weighted by Crippen LogP contribution is -2.15. The molecule has 0 aliphatic carbocycles. The average Bonchev–Trinajstić information content (AvgIpc) is 2.89. The van der Waals surface area contributed by atoms with Crippen molar-refractivity contribution in [2.45, 2.75) is 45.7 Å². The zero-order valence-corrected chi connectivity index (χ0v) is 11.7. The number of nitrogens with zero attached hydrogens (tertiary/aromatic N) is 3. The van der Waals surface area contributed by atoms with Crippen LogP contribution in [0.1, 0.15) is 38.7 Å². The van der Waals surface area contributed by atoms with E-state index in [2.05, 4.69) is 53.5 Å². The summed E-state index contributed by atoms with van der Waals surface area (Å²) >= 11 is 0. The predicted molar refractivity (Wildman–Crippen MR) is 78.2 cm³/mol. The van der Waals surface area contributed by atoms with Crippen molar-refractivity contribution in [3.05, 3.63) is 42.5 Å². The van der Waals surface area contributed by atoms with Crippen molar-refractivity contribution in [2.24, 2.45) is 0 Å². The fraction of sp³-hybridized carbons (Fsp3) is 0.467. The molecule has 1 N–H and O–H groups in total. The molecule has 4 nitrogen and oxygen atoms in total. The van der Waals surface area contributed by atoms with Crippen molar-refractivity contribution in [1.82, 2.24) is 14.8 Å². The Morgan fingerprint density at radius 3 is 3.00 bits per heavy atom. The molecule has 102 valence electrons. The fourth-order valence-electron chi connectivity index (χ4n) is 2.13. The predicted octanol–water partition coefficient (Wildman–Crippen LogP) is 3.32. The maximum Gasteiger partial charge on any atom is 0.137 e. The highest BCUT2D eigenvalue weighted by atomic mass is 15.3. The van der Waals surface area contributed by atoms with Crippen LogP contribution in [-0.4, -0.2) is 20.8 Å². The van der Waals surface area contributed by atoms with Gasteiger partial charge in [0.25, 0.3) is 0 Å². The van der Waals surface area contributed by atoms with Crippen LogP contribution in [0, 0.1) is 0 Å². The topological polar surface area (TPSA) is 42.7 Å². The molecule has 0 radical (unpaired) electrons. The summed E-state index contributed by atoms with van der Waals surface area (Å²) in [6.45, 7) is 5.23. The van der Waals surface area contributed by atoms with Gasteiger partial charge >= 0.3 is 0 Å². The quantitative estimate of drug-likeness (QED) is 0.828. The minimum Gasteiger partial charge on any atom is -0.383 e. The zero-order valence-electron chi connectivity index (χ0n) is 11.7. The smallest absolute Gasteiger partial charge is 0.137 e. The second kappa shape index (κ2) is 6.92. The van der Waals surface area contributed by atoms with Gasteiger partial charge in [-0.2, -0.15) is 5.10 Å². The molecule has 1 heterocycles. The Morgan fingerprint density at radius 2 is 2.26 bits per heavy atom. The number of aromatic nitrogens is 3. The minimum atomic E-state index is 0.515. The van der Waals surface area contributed by atoms with Crippen molar-refractivity contribution in [3.63, 3.8) is 0 Å². The van der Waals surface area contributed by atoms with Crippen molar-refractivity contribution >= 4 is 5.69 Å². The van der Waals surface area contributed by atoms with Gasteiger partial charge in [-0.15, -0.1) is 0 Å². The van der Waals surface area contributed by atoms with Crippen LogP contribution in [0.3, 0.4) is 0 Å². The van der Waals surface area contributed by atoms with E-state index in [9.17, 15) is 0 Å². The molecule has 1 unspecified atom stereocenters. The Morgan fingerprint density at radius 1 is 1.37 bits per heavy atom. The molecule has 0 bridgehead atoms. The highest BCUT2D eigenvalue weighted by molar-refractivity contribution is 5.46. The van der Waals surface area contributed by atoms with E-state index >= 15 is 0 Å². The lowest BCUT2D eigenvalue weighted by molar-refractivity contribution is 0.644. The van der Waals surface area contributed by atoms with Crippen LogP contribution in [0.15, 0.2) is 36.9 Å². The van der Waals surface area contributed by atoms with Crippen LogP contribution in [0.4, 0.5) is 5.69 Å². The molecular weight excluding hydrogens is 236 g/mol. The van der Waals surface area contributed by atoms with E-state index in [1.54, 1.807) is 12.7 Å². The van der Waals surface area contributed by atoms with Crippen LogP contribution in [0.5, 0.6) is 0 Å². The van der Waals surface area contributed by atoms with Crippen LogP contribution in [0.25, 0.3) is 0 Å². The Hall–Kier alpha value is -1.84. The van der Waals surface area contributed by atoms with Gasteiger partial charge in [-0.05, 0) is 31.0 Å². The number of unbranched alkanes of at least 4 members (excludes halogenated alkanes) is 1. The van der Waals surface area contributed by atoms with E-state index in [0.717, 1.165) is 6.54 Å². The lowest BCUT2D eigenvalue weighted by atomic mass is 10.1. The summed E-state index contributed by atoms with van der Waals surface area (Å²) in [5.41, 5.74) is 2.42. The number of anilines is 1. The molecule has 1 atom stereocenters. The van der Waals surface area contributed by atoms with Gasteiger partial charge in [0.15, 0.2) is 0 Å². The van der Waals surface area contributed by atoms with Gasteiger partial charge in [-0.25, -0.2) is 9.67 Å². The summed E-state index contributed by atoms with van der Waals surface area (Å²) in [5, 5.41) is 7.68. The Bertz CT molecular complexity index is 479. The summed E-state index contributed by atoms with van der Waals surface area (Å²) in [6.07, 6.45) is 7.04. The van der Waals surface area contributed by atoms with Crippen LogP contribution in [-0.2, 0) is 6.54 Å². The Labute approximate surface area is 114 Å². The molecule has 2 aromatic rings. The first-order valence-corrected chi connectivity index (χ1v) is 6.96.